The molecule has 0 spiro atoms. The average Bonchev–Trinajstić information content (AvgIpc) is 2.97. The molecule has 8 nitrogen and oxygen atoms in total. The Morgan fingerprint density at radius 2 is 1.40 bits per heavy atom. The van der Waals surface area contributed by atoms with Crippen LogP contribution in [-0.2, 0) is 32.9 Å². The molecule has 1 atom stereocenters. The Morgan fingerprint density at radius 1 is 0.857 bits per heavy atom. The van der Waals surface area contributed by atoms with Gasteiger partial charge in [-0.25, -0.2) is 14.2 Å². The molecule has 1 aromatic heterocycles. The van der Waals surface area contributed by atoms with E-state index >= 15 is 0 Å². The van der Waals surface area contributed by atoms with Crippen LogP contribution in [0.25, 0.3) is 0 Å². The number of carbonyl (C=O) groups excluding carboxylic acids is 2. The fourth-order valence-electron chi connectivity index (χ4n) is 5.57. The van der Waals surface area contributed by atoms with Crippen LogP contribution in [-0.4, -0.2) is 39.1 Å². The number of pyridine rings is 1. The molecule has 0 bridgehead atoms. The summed E-state index contributed by atoms with van der Waals surface area (Å²) in [5, 5.41) is 5.66. The number of carbonyl (C=O) groups is 2. The molecule has 1 fully saturated rings. The predicted molar refractivity (Wildman–Crippen MR) is 163 cm³/mol. The SMILES string of the molecule is CCCCCCCCCCCCCCCCCCNC(=O)OCC1(c2ccc[n+](CC)c2CNC(=O)OC)CCO1.[I-]. The quantitative estimate of drug-likeness (QED) is 0.1000. The van der Waals surface area contributed by atoms with Crippen LogP contribution in [0.3, 0.4) is 0 Å². The van der Waals surface area contributed by atoms with Crippen molar-refractivity contribution < 1.29 is 52.3 Å². The third-order valence-corrected chi connectivity index (χ3v) is 8.22. The molecule has 0 aliphatic carbocycles. The van der Waals surface area contributed by atoms with E-state index in [1.54, 1.807) is 0 Å². The highest BCUT2D eigenvalue weighted by Crippen LogP contribution is 2.38. The number of hydrogen-bond acceptors (Lipinski definition) is 5. The summed E-state index contributed by atoms with van der Waals surface area (Å²) in [4.78, 5) is 24.1. The molecule has 9 heteroatoms. The number of ether oxygens (including phenoxy) is 3. The summed E-state index contributed by atoms with van der Waals surface area (Å²) >= 11 is 0. The van der Waals surface area contributed by atoms with Gasteiger partial charge >= 0.3 is 12.2 Å². The van der Waals surface area contributed by atoms with Gasteiger partial charge in [0.15, 0.2) is 6.20 Å². The molecule has 0 saturated carbocycles. The van der Waals surface area contributed by atoms with Gasteiger partial charge in [-0.05, 0) is 19.4 Å². The third-order valence-electron chi connectivity index (χ3n) is 8.22. The lowest BCUT2D eigenvalue weighted by Gasteiger charge is -2.41. The minimum atomic E-state index is -0.698. The van der Waals surface area contributed by atoms with Crippen molar-refractivity contribution in [1.82, 2.24) is 10.6 Å². The maximum absolute atomic E-state index is 12.4. The first kappa shape index (κ1) is 38.4. The third kappa shape index (κ3) is 14.7. The number of hydrogen-bond donors (Lipinski definition) is 2. The Bertz CT molecular complexity index is 866. The smallest absolute Gasteiger partial charge is 0.407 e. The van der Waals surface area contributed by atoms with Crippen molar-refractivity contribution in [3.8, 4) is 0 Å². The second-order valence-corrected chi connectivity index (χ2v) is 11.4. The monoisotopic (exact) mass is 703 g/mol. The van der Waals surface area contributed by atoms with Gasteiger partial charge in [0.1, 0.15) is 25.3 Å². The van der Waals surface area contributed by atoms with Gasteiger partial charge in [-0.15, -0.1) is 0 Å². The summed E-state index contributed by atoms with van der Waals surface area (Å²) in [6.45, 7) is 6.73. The van der Waals surface area contributed by atoms with E-state index in [0.29, 0.717) is 19.7 Å². The molecule has 242 valence electrons. The van der Waals surface area contributed by atoms with Crippen LogP contribution in [0.15, 0.2) is 18.3 Å². The van der Waals surface area contributed by atoms with Crippen molar-refractivity contribution in [3.63, 3.8) is 0 Å². The number of rotatable bonds is 23. The molecule has 0 aromatic carbocycles. The van der Waals surface area contributed by atoms with E-state index in [2.05, 4.69) is 22.1 Å². The first-order valence-electron chi connectivity index (χ1n) is 16.4. The number of aromatic nitrogens is 1. The van der Waals surface area contributed by atoms with Gasteiger partial charge in [-0.1, -0.05) is 103 Å². The Labute approximate surface area is 272 Å². The fraction of sp³-hybridized carbons (Fsp3) is 0.788. The van der Waals surface area contributed by atoms with Crippen LogP contribution in [0.2, 0.25) is 0 Å². The van der Waals surface area contributed by atoms with Crippen molar-refractivity contribution >= 4 is 12.2 Å². The highest BCUT2D eigenvalue weighted by molar-refractivity contribution is 5.67. The van der Waals surface area contributed by atoms with E-state index in [-0.39, 0.29) is 30.6 Å². The number of halogens is 1. The minimum Gasteiger partial charge on any atom is -1.00 e. The standard InChI is InChI=1S/C33H57N3O5.HI/c1-4-6-7-8-9-10-11-12-13-14-15-16-17-18-19-20-24-34-32(38)40-28-33(23-26-41-33)29-22-21-25-36(5-2)30(29)27-35-31(37)39-3;/h21-22,25H,4-20,23-24,26-28H2,1-3H3,(H-,34,35,37,38);1H. The van der Waals surface area contributed by atoms with E-state index < -0.39 is 17.8 Å². The largest absolute Gasteiger partial charge is 1.00 e. The first-order valence-corrected chi connectivity index (χ1v) is 16.4. The zero-order valence-corrected chi connectivity index (χ0v) is 28.8. The lowest BCUT2D eigenvalue weighted by molar-refractivity contribution is -0.701. The van der Waals surface area contributed by atoms with Gasteiger partial charge in [0.05, 0.1) is 19.3 Å². The van der Waals surface area contributed by atoms with Crippen molar-refractivity contribution in [3.05, 3.63) is 29.6 Å². The summed E-state index contributed by atoms with van der Waals surface area (Å²) in [7, 11) is 1.35. The van der Waals surface area contributed by atoms with E-state index in [9.17, 15) is 9.59 Å². The summed E-state index contributed by atoms with van der Waals surface area (Å²) < 4.78 is 18.4. The average molecular weight is 704 g/mol. The first-order chi connectivity index (χ1) is 20.1. The maximum Gasteiger partial charge on any atom is 0.407 e. The normalized spacial score (nSPS) is 15.8. The van der Waals surface area contributed by atoms with Crippen molar-refractivity contribution in [2.24, 2.45) is 0 Å². The Balaban J connectivity index is 0.00000882. The molecule has 1 aliphatic rings. The van der Waals surface area contributed by atoms with Gasteiger partial charge in [0.2, 0.25) is 5.69 Å². The van der Waals surface area contributed by atoms with Crippen LogP contribution >= 0.6 is 0 Å². The molecule has 1 aromatic rings. The minimum absolute atomic E-state index is 0. The van der Waals surface area contributed by atoms with Crippen LogP contribution in [0, 0.1) is 0 Å². The van der Waals surface area contributed by atoms with Gasteiger partial charge in [0, 0.05) is 19.0 Å². The molecule has 1 unspecified atom stereocenters. The molecule has 0 radical (unpaired) electrons. The second kappa shape index (κ2) is 23.8. The van der Waals surface area contributed by atoms with Crippen molar-refractivity contribution in [1.29, 1.82) is 0 Å². The lowest BCUT2D eigenvalue weighted by Crippen LogP contribution is -3.00. The molecular formula is C33H58IN3O5. The molecule has 2 rings (SSSR count). The maximum atomic E-state index is 12.4. The second-order valence-electron chi connectivity index (χ2n) is 11.4. The highest BCUT2D eigenvalue weighted by Gasteiger charge is 2.45. The van der Waals surface area contributed by atoms with Gasteiger partial charge < -0.3 is 48.8 Å². The fourth-order valence-corrected chi connectivity index (χ4v) is 5.57. The van der Waals surface area contributed by atoms with Crippen molar-refractivity contribution in [2.45, 2.75) is 142 Å². The summed E-state index contributed by atoms with van der Waals surface area (Å²) in [5.41, 5.74) is 1.14. The summed E-state index contributed by atoms with van der Waals surface area (Å²) in [5.74, 6) is 0. The van der Waals surface area contributed by atoms with Crippen molar-refractivity contribution in [2.75, 3.05) is 26.9 Å². The Hall–Kier alpha value is -1.62. The number of methoxy groups -OCH3 is 1. The molecule has 1 saturated heterocycles. The van der Waals surface area contributed by atoms with Crippen LogP contribution in [0.4, 0.5) is 9.59 Å². The summed E-state index contributed by atoms with van der Waals surface area (Å²) in [6, 6.07) is 3.94. The molecule has 1 aliphatic heterocycles. The summed E-state index contributed by atoms with van der Waals surface area (Å²) in [6.07, 6.45) is 23.1. The Kier molecular flexibility index (Phi) is 21.8. The number of nitrogens with one attached hydrogen (secondary N) is 2. The van der Waals surface area contributed by atoms with E-state index in [0.717, 1.165) is 37.1 Å². The van der Waals surface area contributed by atoms with Crippen LogP contribution in [0.5, 0.6) is 0 Å². The molecule has 2 N–H and O–H groups in total. The zero-order chi connectivity index (χ0) is 29.6. The highest BCUT2D eigenvalue weighted by atomic mass is 127. The number of nitrogens with zero attached hydrogens (tertiary/aromatic N) is 1. The molecule has 2 amide bonds. The van der Waals surface area contributed by atoms with Gasteiger partial charge in [0.25, 0.3) is 0 Å². The number of unbranched alkanes of at least 4 members (excludes halogenated alkanes) is 15. The molecule has 2 heterocycles. The van der Waals surface area contributed by atoms with Gasteiger partial charge in [-0.3, -0.25) is 0 Å². The molecular weight excluding hydrogens is 645 g/mol. The predicted octanol–water partition coefficient (Wildman–Crippen LogP) is 4.46. The number of aryl methyl sites for hydroxylation is 1. The van der Waals surface area contributed by atoms with Gasteiger partial charge in [-0.2, -0.15) is 0 Å². The van der Waals surface area contributed by atoms with E-state index in [1.807, 2.05) is 25.3 Å². The Morgan fingerprint density at radius 3 is 1.88 bits per heavy atom. The van der Waals surface area contributed by atoms with Crippen LogP contribution < -0.4 is 39.2 Å². The lowest BCUT2D eigenvalue weighted by atomic mass is 9.85. The number of alkyl carbamates (subject to hydrolysis) is 2. The zero-order valence-electron chi connectivity index (χ0n) is 26.7. The van der Waals surface area contributed by atoms with E-state index in [1.165, 1.54) is 97.0 Å². The topological polar surface area (TPSA) is 89.8 Å². The number of amides is 2. The van der Waals surface area contributed by atoms with Crippen LogP contribution in [0.1, 0.15) is 134 Å². The molecule has 42 heavy (non-hydrogen) atoms. The van der Waals surface area contributed by atoms with E-state index in [4.69, 9.17) is 14.2 Å².